The van der Waals surface area contributed by atoms with E-state index in [1.165, 1.54) is 18.2 Å². The number of benzene rings is 2. The summed E-state index contributed by atoms with van der Waals surface area (Å²) in [5.41, 5.74) is 3.06. The summed E-state index contributed by atoms with van der Waals surface area (Å²) in [5, 5.41) is 17.5. The van der Waals surface area contributed by atoms with Crippen molar-refractivity contribution in [3.63, 3.8) is 0 Å². The number of rotatable bonds is 8. The number of hydrogen-bond acceptors (Lipinski definition) is 6. The molecular formula is C18H17ClN4O5. The Hall–Kier alpha value is -3.46. The second-order valence-corrected chi connectivity index (χ2v) is 6.02. The molecule has 2 aromatic carbocycles. The van der Waals surface area contributed by atoms with E-state index in [0.717, 1.165) is 11.8 Å². The van der Waals surface area contributed by atoms with Crippen LogP contribution in [0, 0.1) is 17.0 Å². The Morgan fingerprint density at radius 1 is 1.25 bits per heavy atom. The van der Waals surface area contributed by atoms with E-state index in [9.17, 15) is 19.7 Å². The van der Waals surface area contributed by atoms with E-state index in [0.29, 0.717) is 10.8 Å². The van der Waals surface area contributed by atoms with Crippen LogP contribution < -0.4 is 15.5 Å². The van der Waals surface area contributed by atoms with Gasteiger partial charge in [-0.25, -0.2) is 5.43 Å². The van der Waals surface area contributed by atoms with Gasteiger partial charge < -0.3 is 10.1 Å². The molecule has 0 saturated heterocycles. The third-order valence-electron chi connectivity index (χ3n) is 3.47. The molecule has 0 spiro atoms. The van der Waals surface area contributed by atoms with E-state index >= 15 is 0 Å². The fraction of sp³-hybridized carbons (Fsp3) is 0.167. The highest BCUT2D eigenvalue weighted by Crippen LogP contribution is 2.21. The smallest absolute Gasteiger partial charge is 0.278 e. The summed E-state index contributed by atoms with van der Waals surface area (Å²) in [6, 6.07) is 10.9. The van der Waals surface area contributed by atoms with E-state index in [4.69, 9.17) is 16.3 Å². The first-order valence-electron chi connectivity index (χ1n) is 8.08. The maximum Gasteiger partial charge on any atom is 0.278 e. The second kappa shape index (κ2) is 10.0. The second-order valence-electron chi connectivity index (χ2n) is 5.58. The lowest BCUT2D eigenvalue weighted by atomic mass is 10.2. The molecule has 2 amide bonds. The highest BCUT2D eigenvalue weighted by Gasteiger charge is 2.10. The molecule has 2 N–H and O–H groups in total. The quantitative estimate of drug-likeness (QED) is 0.396. The summed E-state index contributed by atoms with van der Waals surface area (Å²) in [6.07, 6.45) is 1.16. The summed E-state index contributed by atoms with van der Waals surface area (Å²) >= 11 is 5.85. The summed E-state index contributed by atoms with van der Waals surface area (Å²) in [6.45, 7) is 1.20. The topological polar surface area (TPSA) is 123 Å². The van der Waals surface area contributed by atoms with E-state index in [1.807, 2.05) is 0 Å². The highest BCUT2D eigenvalue weighted by atomic mass is 35.5. The van der Waals surface area contributed by atoms with Gasteiger partial charge in [-0.05, 0) is 36.8 Å². The minimum Gasteiger partial charge on any atom is -0.484 e. The molecular weight excluding hydrogens is 388 g/mol. The van der Waals surface area contributed by atoms with Crippen LogP contribution in [0.2, 0.25) is 5.02 Å². The number of hydrazone groups is 1. The van der Waals surface area contributed by atoms with Crippen molar-refractivity contribution in [1.82, 2.24) is 10.7 Å². The SMILES string of the molecule is Cc1cc(Cl)ccc1OCC(=O)NCC(=O)NN=Cc1ccccc1[N+](=O)[O-]. The van der Waals surface area contributed by atoms with Crippen molar-refractivity contribution >= 4 is 35.3 Å². The molecule has 0 saturated carbocycles. The molecule has 28 heavy (non-hydrogen) atoms. The van der Waals surface area contributed by atoms with E-state index < -0.39 is 16.7 Å². The lowest BCUT2D eigenvalue weighted by molar-refractivity contribution is -0.385. The zero-order chi connectivity index (χ0) is 20.5. The Kier molecular flexibility index (Phi) is 7.46. The number of aryl methyl sites for hydroxylation is 1. The van der Waals surface area contributed by atoms with Crippen LogP contribution in [-0.4, -0.2) is 36.1 Å². The molecule has 0 radical (unpaired) electrons. The van der Waals surface area contributed by atoms with Crippen molar-refractivity contribution in [3.05, 3.63) is 68.7 Å². The number of carbonyl (C=O) groups is 2. The Morgan fingerprint density at radius 2 is 2.00 bits per heavy atom. The lowest BCUT2D eigenvalue weighted by Crippen LogP contribution is -2.37. The number of para-hydroxylation sites is 1. The van der Waals surface area contributed by atoms with Crippen LogP contribution in [-0.2, 0) is 9.59 Å². The Balaban J connectivity index is 1.76. The van der Waals surface area contributed by atoms with Crippen LogP contribution in [0.3, 0.4) is 0 Å². The summed E-state index contributed by atoms with van der Waals surface area (Å²) in [7, 11) is 0. The van der Waals surface area contributed by atoms with Gasteiger partial charge >= 0.3 is 0 Å². The Bertz CT molecular complexity index is 917. The van der Waals surface area contributed by atoms with Gasteiger partial charge in [-0.15, -0.1) is 0 Å². The number of hydrogen-bond donors (Lipinski definition) is 2. The normalized spacial score (nSPS) is 10.5. The molecule has 0 aliphatic heterocycles. The summed E-state index contributed by atoms with van der Waals surface area (Å²) < 4.78 is 5.36. The third kappa shape index (κ3) is 6.36. The van der Waals surface area contributed by atoms with Crippen LogP contribution in [0.1, 0.15) is 11.1 Å². The van der Waals surface area contributed by atoms with Crippen molar-refractivity contribution < 1.29 is 19.2 Å². The maximum absolute atomic E-state index is 11.8. The molecule has 0 heterocycles. The molecule has 0 aliphatic carbocycles. The van der Waals surface area contributed by atoms with Crippen LogP contribution in [0.15, 0.2) is 47.6 Å². The Labute approximate surface area is 165 Å². The van der Waals surface area contributed by atoms with Gasteiger partial charge in [-0.2, -0.15) is 5.10 Å². The number of ether oxygens (including phenoxy) is 1. The first kappa shape index (κ1) is 20.8. The molecule has 0 atom stereocenters. The van der Waals surface area contributed by atoms with Crippen molar-refractivity contribution in [3.8, 4) is 5.75 Å². The first-order valence-corrected chi connectivity index (χ1v) is 8.45. The number of nitro benzene ring substituents is 1. The van der Waals surface area contributed by atoms with Gasteiger partial charge in [0.15, 0.2) is 6.61 Å². The van der Waals surface area contributed by atoms with E-state index in [1.54, 1.807) is 31.2 Å². The van der Waals surface area contributed by atoms with Gasteiger partial charge in [0.1, 0.15) is 5.75 Å². The number of amides is 2. The lowest BCUT2D eigenvalue weighted by Gasteiger charge is -2.09. The zero-order valence-corrected chi connectivity index (χ0v) is 15.6. The highest BCUT2D eigenvalue weighted by molar-refractivity contribution is 6.30. The Morgan fingerprint density at radius 3 is 2.71 bits per heavy atom. The van der Waals surface area contributed by atoms with Gasteiger partial charge in [0.2, 0.25) is 0 Å². The third-order valence-corrected chi connectivity index (χ3v) is 3.70. The minimum atomic E-state index is -0.592. The van der Waals surface area contributed by atoms with Crippen molar-refractivity contribution in [2.24, 2.45) is 5.10 Å². The average Bonchev–Trinajstić information content (AvgIpc) is 2.66. The first-order chi connectivity index (χ1) is 13.4. The largest absolute Gasteiger partial charge is 0.484 e. The predicted molar refractivity (Wildman–Crippen MR) is 104 cm³/mol. The van der Waals surface area contributed by atoms with Crippen molar-refractivity contribution in [2.75, 3.05) is 13.2 Å². The molecule has 10 heteroatoms. The molecule has 0 bridgehead atoms. The van der Waals surface area contributed by atoms with Crippen LogP contribution in [0.5, 0.6) is 5.75 Å². The molecule has 0 aromatic heterocycles. The fourth-order valence-corrected chi connectivity index (χ4v) is 2.35. The van der Waals surface area contributed by atoms with E-state index in [2.05, 4.69) is 15.8 Å². The van der Waals surface area contributed by atoms with Crippen LogP contribution in [0.25, 0.3) is 0 Å². The standard InChI is InChI=1S/C18H17ClN4O5/c1-12-8-14(19)6-7-16(12)28-11-18(25)20-10-17(24)22-21-9-13-4-2-3-5-15(13)23(26)27/h2-9H,10-11H2,1H3,(H,20,25)(H,22,24). The van der Waals surface area contributed by atoms with Gasteiger partial charge in [0, 0.05) is 11.1 Å². The number of nitrogens with zero attached hydrogens (tertiary/aromatic N) is 2. The number of halogens is 1. The monoisotopic (exact) mass is 404 g/mol. The number of nitro groups is 1. The van der Waals surface area contributed by atoms with Crippen molar-refractivity contribution in [1.29, 1.82) is 0 Å². The number of nitrogens with one attached hydrogen (secondary N) is 2. The van der Waals surface area contributed by atoms with Gasteiger partial charge in [0.05, 0.1) is 23.2 Å². The fourth-order valence-electron chi connectivity index (χ4n) is 2.12. The van der Waals surface area contributed by atoms with Gasteiger partial charge in [-0.1, -0.05) is 23.7 Å². The molecule has 9 nitrogen and oxygen atoms in total. The summed E-state index contributed by atoms with van der Waals surface area (Å²) in [4.78, 5) is 33.8. The molecule has 0 fully saturated rings. The molecule has 2 aromatic rings. The summed E-state index contributed by atoms with van der Waals surface area (Å²) in [5.74, 6) is -0.573. The average molecular weight is 405 g/mol. The van der Waals surface area contributed by atoms with Crippen molar-refractivity contribution in [2.45, 2.75) is 6.92 Å². The molecule has 0 unspecified atom stereocenters. The number of carbonyl (C=O) groups excluding carboxylic acids is 2. The molecule has 146 valence electrons. The van der Waals surface area contributed by atoms with Gasteiger partial charge in [-0.3, -0.25) is 19.7 Å². The zero-order valence-electron chi connectivity index (χ0n) is 14.8. The molecule has 2 rings (SSSR count). The predicted octanol–water partition coefficient (Wildman–Crippen LogP) is 2.20. The molecule has 0 aliphatic rings. The minimum absolute atomic E-state index is 0.136. The van der Waals surface area contributed by atoms with E-state index in [-0.39, 0.29) is 24.4 Å². The maximum atomic E-state index is 11.8. The van der Waals surface area contributed by atoms with Crippen LogP contribution in [0.4, 0.5) is 5.69 Å². The van der Waals surface area contributed by atoms with Crippen LogP contribution >= 0.6 is 11.6 Å². The van der Waals surface area contributed by atoms with Gasteiger partial charge in [0.25, 0.3) is 17.5 Å².